The van der Waals surface area contributed by atoms with E-state index in [-0.39, 0.29) is 10.7 Å². The number of nitrogens with one attached hydrogen (secondary N) is 1. The molecule has 0 radical (unpaired) electrons. The molecule has 104 valence electrons. The van der Waals surface area contributed by atoms with Gasteiger partial charge in [0.05, 0.1) is 11.4 Å². The molecule has 0 bridgehead atoms. The molecule has 3 N–H and O–H groups in total. The van der Waals surface area contributed by atoms with Crippen LogP contribution >= 0.6 is 12.2 Å². The van der Waals surface area contributed by atoms with E-state index in [2.05, 4.69) is 10.4 Å². The summed E-state index contributed by atoms with van der Waals surface area (Å²) in [4.78, 5) is 12.1. The van der Waals surface area contributed by atoms with Gasteiger partial charge in [-0.2, -0.15) is 5.10 Å². The lowest BCUT2D eigenvalue weighted by Crippen LogP contribution is -2.17. The number of carbonyl (C=O) groups is 1. The number of anilines is 1. The van der Waals surface area contributed by atoms with Gasteiger partial charge < -0.3 is 11.1 Å². The SMILES string of the molecule is Cc1cc(C(=O)Nc2ccc(C(N)=S)cc2F)n(C)n1. The molecule has 0 aliphatic carbocycles. The number of carbonyl (C=O) groups excluding carboxylic acids is 1. The molecule has 0 spiro atoms. The number of thiocarbonyl (C=S) groups is 1. The van der Waals surface area contributed by atoms with E-state index < -0.39 is 11.7 Å². The van der Waals surface area contributed by atoms with Crippen LogP contribution in [0, 0.1) is 12.7 Å². The standard InChI is InChI=1S/C13H13FN4OS/c1-7-5-11(18(2)17-7)13(19)16-10-4-3-8(12(15)20)6-9(10)14/h3-6H,1-2H3,(H2,15,20)(H,16,19). The van der Waals surface area contributed by atoms with Crippen LogP contribution in [0.4, 0.5) is 10.1 Å². The molecule has 1 amide bonds. The van der Waals surface area contributed by atoms with Gasteiger partial charge in [-0.3, -0.25) is 9.48 Å². The Morgan fingerprint density at radius 1 is 1.45 bits per heavy atom. The van der Waals surface area contributed by atoms with E-state index in [0.717, 1.165) is 0 Å². The quantitative estimate of drug-likeness (QED) is 0.845. The molecule has 7 heteroatoms. The van der Waals surface area contributed by atoms with Gasteiger partial charge in [-0.1, -0.05) is 12.2 Å². The number of halogens is 1. The Morgan fingerprint density at radius 3 is 2.65 bits per heavy atom. The maximum Gasteiger partial charge on any atom is 0.274 e. The summed E-state index contributed by atoms with van der Waals surface area (Å²) in [6.45, 7) is 1.77. The van der Waals surface area contributed by atoms with Crippen molar-refractivity contribution in [2.24, 2.45) is 12.8 Å². The van der Waals surface area contributed by atoms with E-state index in [9.17, 15) is 9.18 Å². The monoisotopic (exact) mass is 292 g/mol. The average Bonchev–Trinajstić information content (AvgIpc) is 2.70. The van der Waals surface area contributed by atoms with Crippen LogP contribution in [0.25, 0.3) is 0 Å². The topological polar surface area (TPSA) is 72.9 Å². The van der Waals surface area contributed by atoms with Gasteiger partial charge in [0.1, 0.15) is 16.5 Å². The Bertz CT molecular complexity index is 696. The highest BCUT2D eigenvalue weighted by Gasteiger charge is 2.14. The van der Waals surface area contributed by atoms with Crippen molar-refractivity contribution in [2.75, 3.05) is 5.32 Å². The summed E-state index contributed by atoms with van der Waals surface area (Å²) < 4.78 is 15.3. The van der Waals surface area contributed by atoms with E-state index in [0.29, 0.717) is 17.0 Å². The van der Waals surface area contributed by atoms with E-state index in [1.54, 1.807) is 26.1 Å². The summed E-state index contributed by atoms with van der Waals surface area (Å²) in [6.07, 6.45) is 0. The van der Waals surface area contributed by atoms with Crippen LogP contribution in [0.1, 0.15) is 21.7 Å². The Hall–Kier alpha value is -2.28. The van der Waals surface area contributed by atoms with Crippen LogP contribution in [-0.4, -0.2) is 20.7 Å². The van der Waals surface area contributed by atoms with E-state index in [1.807, 2.05) is 0 Å². The molecule has 20 heavy (non-hydrogen) atoms. The molecule has 2 aromatic rings. The summed E-state index contributed by atoms with van der Waals surface area (Å²) in [5, 5.41) is 6.55. The first-order valence-corrected chi connectivity index (χ1v) is 6.20. The molecule has 0 fully saturated rings. The third kappa shape index (κ3) is 2.83. The second-order valence-electron chi connectivity index (χ2n) is 4.31. The first kappa shape index (κ1) is 14.1. The zero-order valence-corrected chi connectivity index (χ0v) is 11.8. The fourth-order valence-electron chi connectivity index (χ4n) is 1.78. The second kappa shape index (κ2) is 5.38. The van der Waals surface area contributed by atoms with E-state index in [4.69, 9.17) is 18.0 Å². The third-order valence-corrected chi connectivity index (χ3v) is 2.97. The number of aryl methyl sites for hydroxylation is 2. The molecule has 0 atom stereocenters. The van der Waals surface area contributed by atoms with Crippen LogP contribution in [0.5, 0.6) is 0 Å². The highest BCUT2D eigenvalue weighted by atomic mass is 32.1. The van der Waals surface area contributed by atoms with Crippen LogP contribution in [0.2, 0.25) is 0 Å². The van der Waals surface area contributed by atoms with Crippen molar-refractivity contribution in [3.63, 3.8) is 0 Å². The van der Waals surface area contributed by atoms with E-state index >= 15 is 0 Å². The van der Waals surface area contributed by atoms with Crippen molar-refractivity contribution >= 4 is 28.8 Å². The van der Waals surface area contributed by atoms with Gasteiger partial charge in [-0.25, -0.2) is 4.39 Å². The Balaban J connectivity index is 2.24. The molecule has 2 rings (SSSR count). The number of rotatable bonds is 3. The zero-order valence-electron chi connectivity index (χ0n) is 11.0. The summed E-state index contributed by atoms with van der Waals surface area (Å²) in [7, 11) is 1.65. The van der Waals surface area contributed by atoms with Crippen LogP contribution < -0.4 is 11.1 Å². The average molecular weight is 292 g/mol. The Labute approximate surface area is 120 Å². The van der Waals surface area contributed by atoms with Crippen molar-refractivity contribution < 1.29 is 9.18 Å². The van der Waals surface area contributed by atoms with Crippen molar-refractivity contribution in [3.05, 3.63) is 47.0 Å². The number of benzene rings is 1. The molecule has 0 saturated heterocycles. The van der Waals surface area contributed by atoms with Crippen molar-refractivity contribution in [3.8, 4) is 0 Å². The predicted octanol–water partition coefficient (Wildman–Crippen LogP) is 1.75. The minimum atomic E-state index is -0.595. The summed E-state index contributed by atoms with van der Waals surface area (Å²) >= 11 is 4.76. The summed E-state index contributed by atoms with van der Waals surface area (Å²) in [5.74, 6) is -1.03. The number of hydrogen-bond donors (Lipinski definition) is 2. The zero-order chi connectivity index (χ0) is 14.9. The highest BCUT2D eigenvalue weighted by Crippen LogP contribution is 2.17. The molecule has 1 heterocycles. The highest BCUT2D eigenvalue weighted by molar-refractivity contribution is 7.80. The molecule has 1 aromatic heterocycles. The number of nitrogens with zero attached hydrogens (tertiary/aromatic N) is 2. The maximum atomic E-state index is 13.8. The van der Waals surface area contributed by atoms with Crippen molar-refractivity contribution in [2.45, 2.75) is 6.92 Å². The maximum absolute atomic E-state index is 13.8. The van der Waals surface area contributed by atoms with Crippen molar-refractivity contribution in [1.82, 2.24) is 9.78 Å². The predicted molar refractivity (Wildman–Crippen MR) is 78.2 cm³/mol. The third-order valence-electron chi connectivity index (χ3n) is 2.74. The number of amides is 1. The number of aromatic nitrogens is 2. The van der Waals surface area contributed by atoms with Gasteiger partial charge in [0.2, 0.25) is 0 Å². The van der Waals surface area contributed by atoms with E-state index in [1.165, 1.54) is 16.8 Å². The molecular weight excluding hydrogens is 279 g/mol. The van der Waals surface area contributed by atoms with Crippen LogP contribution in [0.15, 0.2) is 24.3 Å². The minimum Gasteiger partial charge on any atom is -0.389 e. The molecule has 0 saturated carbocycles. The normalized spacial score (nSPS) is 10.3. The lowest BCUT2D eigenvalue weighted by molar-refractivity contribution is 0.101. The lowest BCUT2D eigenvalue weighted by Gasteiger charge is -2.07. The van der Waals surface area contributed by atoms with Gasteiger partial charge in [0.15, 0.2) is 0 Å². The van der Waals surface area contributed by atoms with Crippen molar-refractivity contribution in [1.29, 1.82) is 0 Å². The fraction of sp³-hybridized carbons (Fsp3) is 0.154. The lowest BCUT2D eigenvalue weighted by atomic mass is 10.2. The van der Waals surface area contributed by atoms with Gasteiger partial charge in [-0.15, -0.1) is 0 Å². The summed E-state index contributed by atoms with van der Waals surface area (Å²) in [5.41, 5.74) is 6.94. The molecule has 0 unspecified atom stereocenters. The van der Waals surface area contributed by atoms with Gasteiger partial charge in [0.25, 0.3) is 5.91 Å². The molecular formula is C13H13FN4OS. The fourth-order valence-corrected chi connectivity index (χ4v) is 1.91. The second-order valence-corrected chi connectivity index (χ2v) is 4.75. The molecule has 5 nitrogen and oxygen atoms in total. The number of hydrogen-bond acceptors (Lipinski definition) is 3. The summed E-state index contributed by atoms with van der Waals surface area (Å²) in [6, 6.07) is 5.78. The first-order valence-electron chi connectivity index (χ1n) is 5.80. The smallest absolute Gasteiger partial charge is 0.274 e. The Morgan fingerprint density at radius 2 is 2.15 bits per heavy atom. The van der Waals surface area contributed by atoms with Crippen LogP contribution in [0.3, 0.4) is 0 Å². The van der Waals surface area contributed by atoms with Crippen LogP contribution in [-0.2, 0) is 7.05 Å². The molecule has 0 aliphatic heterocycles. The molecule has 1 aromatic carbocycles. The molecule has 0 aliphatic rings. The minimum absolute atomic E-state index is 0.0638. The largest absolute Gasteiger partial charge is 0.389 e. The Kier molecular flexibility index (Phi) is 3.80. The van der Waals surface area contributed by atoms with Gasteiger partial charge in [0, 0.05) is 12.6 Å². The number of nitrogens with two attached hydrogens (primary N) is 1. The first-order chi connectivity index (χ1) is 9.38. The van der Waals surface area contributed by atoms with Gasteiger partial charge >= 0.3 is 0 Å². The van der Waals surface area contributed by atoms with Gasteiger partial charge in [-0.05, 0) is 31.2 Å².